The fourth-order valence-electron chi connectivity index (χ4n) is 4.25. The van der Waals surface area contributed by atoms with Crippen LogP contribution in [0, 0.1) is 18.8 Å². The van der Waals surface area contributed by atoms with Crippen molar-refractivity contribution in [2.75, 3.05) is 6.26 Å². The number of carboxylic acids is 1. The van der Waals surface area contributed by atoms with E-state index in [4.69, 9.17) is 0 Å². The number of aromatic nitrogens is 2. The lowest BCUT2D eigenvalue weighted by molar-refractivity contribution is -0.163. The van der Waals surface area contributed by atoms with E-state index in [-0.39, 0.29) is 16.6 Å². The van der Waals surface area contributed by atoms with Gasteiger partial charge in [0.2, 0.25) is 5.91 Å². The summed E-state index contributed by atoms with van der Waals surface area (Å²) in [6.45, 7) is 5.01. The van der Waals surface area contributed by atoms with Crippen LogP contribution in [0.15, 0.2) is 16.9 Å². The Morgan fingerprint density at radius 1 is 1.39 bits per heavy atom. The molecule has 0 spiro atoms. The third-order valence-electron chi connectivity index (χ3n) is 5.46. The average molecular weight is 425 g/mol. The molecule has 1 saturated heterocycles. The van der Waals surface area contributed by atoms with Crippen LogP contribution in [0.2, 0.25) is 0 Å². The molecule has 9 nitrogen and oxygen atoms in total. The molecule has 1 fully saturated rings. The number of aliphatic hydroxyl groups excluding tert-OH is 1. The van der Waals surface area contributed by atoms with E-state index < -0.39 is 39.8 Å². The molecule has 2 N–H and O–H groups in total. The smallest absolute Gasteiger partial charge is 0.352 e. The number of amides is 1. The lowest BCUT2D eigenvalue weighted by Gasteiger charge is -2.46. The van der Waals surface area contributed by atoms with E-state index in [2.05, 4.69) is 4.98 Å². The highest BCUT2D eigenvalue weighted by Crippen LogP contribution is 2.51. The fourth-order valence-corrected chi connectivity index (χ4v) is 6.72. The molecule has 2 aliphatic heterocycles. The topological polar surface area (TPSA) is 129 Å². The first-order chi connectivity index (χ1) is 12.9. The lowest BCUT2D eigenvalue weighted by atomic mass is 9.77. The van der Waals surface area contributed by atoms with Crippen LogP contribution in [0.25, 0.3) is 10.4 Å². The van der Waals surface area contributed by atoms with Gasteiger partial charge in [-0.15, -0.1) is 11.3 Å². The summed E-state index contributed by atoms with van der Waals surface area (Å²) in [6.07, 6.45) is 1.86. The van der Waals surface area contributed by atoms with Crippen molar-refractivity contribution in [2.45, 2.75) is 37.9 Å². The Balaban J connectivity index is 1.91. The predicted octanol–water partition coefficient (Wildman–Crippen LogP) is 0.761. The minimum Gasteiger partial charge on any atom is -0.477 e. The van der Waals surface area contributed by atoms with Crippen LogP contribution in [-0.2, 0) is 19.4 Å². The molecule has 0 bridgehead atoms. The molecule has 0 aromatic carbocycles. The summed E-state index contributed by atoms with van der Waals surface area (Å²) in [4.78, 5) is 30.8. The van der Waals surface area contributed by atoms with Crippen LogP contribution in [0.5, 0.6) is 0 Å². The monoisotopic (exact) mass is 425 g/mol. The molecule has 4 atom stereocenters. The second-order valence-corrected chi connectivity index (χ2v) is 10.3. The van der Waals surface area contributed by atoms with Gasteiger partial charge >= 0.3 is 5.97 Å². The van der Waals surface area contributed by atoms with Crippen LogP contribution in [-0.4, -0.2) is 63.2 Å². The van der Waals surface area contributed by atoms with E-state index in [1.54, 1.807) is 17.5 Å². The number of carbonyl (C=O) groups excluding carboxylic acids is 1. The highest BCUT2D eigenvalue weighted by molar-refractivity contribution is 7.91. The number of aryl methyl sites for hydroxylation is 1. The molecule has 2 aromatic rings. The SMILES string of the molecule is Cc1nc(S(C)(=O)=O)c2sc(C3=C(C(=O)O)N4C(=O)[C@H]([C@@H](C)O)[C@H]4[C@H]3C)cn12. The summed E-state index contributed by atoms with van der Waals surface area (Å²) in [5, 5.41) is 19.7. The van der Waals surface area contributed by atoms with Crippen LogP contribution in [0.1, 0.15) is 24.5 Å². The second-order valence-electron chi connectivity index (χ2n) is 7.33. The van der Waals surface area contributed by atoms with Crippen LogP contribution in [0.3, 0.4) is 0 Å². The summed E-state index contributed by atoms with van der Waals surface area (Å²) < 4.78 is 25.7. The zero-order chi connectivity index (χ0) is 20.7. The minimum absolute atomic E-state index is 0.0504. The molecule has 4 heterocycles. The maximum atomic E-state index is 12.5. The number of hydrogen-bond donors (Lipinski definition) is 2. The first kappa shape index (κ1) is 19.1. The molecule has 2 aliphatic rings. The van der Waals surface area contributed by atoms with E-state index in [9.17, 15) is 28.2 Å². The Labute approximate surface area is 164 Å². The number of sulfone groups is 1. The van der Waals surface area contributed by atoms with Gasteiger partial charge in [0, 0.05) is 23.9 Å². The van der Waals surface area contributed by atoms with Crippen LogP contribution < -0.4 is 0 Å². The van der Waals surface area contributed by atoms with Crippen LogP contribution in [0.4, 0.5) is 0 Å². The Bertz CT molecular complexity index is 1170. The van der Waals surface area contributed by atoms with Gasteiger partial charge < -0.3 is 15.1 Å². The van der Waals surface area contributed by atoms with Gasteiger partial charge in [-0.05, 0) is 13.8 Å². The Hall–Kier alpha value is -2.24. The molecule has 150 valence electrons. The van der Waals surface area contributed by atoms with Crippen molar-refractivity contribution in [1.29, 1.82) is 0 Å². The number of β-lactam (4-membered cyclic amide) rings is 1. The van der Waals surface area contributed by atoms with Gasteiger partial charge in [-0.3, -0.25) is 9.20 Å². The molecular formula is C17H19N3O6S2. The molecule has 2 aromatic heterocycles. The summed E-state index contributed by atoms with van der Waals surface area (Å²) in [6, 6.07) is -0.427. The number of rotatable bonds is 4. The van der Waals surface area contributed by atoms with Gasteiger partial charge in [0.25, 0.3) is 0 Å². The zero-order valence-electron chi connectivity index (χ0n) is 15.6. The second kappa shape index (κ2) is 5.88. The van der Waals surface area contributed by atoms with E-state index in [0.29, 0.717) is 21.1 Å². The number of nitrogens with zero attached hydrogens (tertiary/aromatic N) is 3. The molecule has 0 radical (unpaired) electrons. The lowest BCUT2D eigenvalue weighted by Crippen LogP contribution is -2.63. The Morgan fingerprint density at radius 3 is 2.57 bits per heavy atom. The third kappa shape index (κ3) is 2.39. The number of aliphatic carboxylic acids is 1. The highest BCUT2D eigenvalue weighted by Gasteiger charge is 2.60. The maximum Gasteiger partial charge on any atom is 0.352 e. The van der Waals surface area contributed by atoms with Gasteiger partial charge in [-0.2, -0.15) is 0 Å². The summed E-state index contributed by atoms with van der Waals surface area (Å²) in [5.74, 6) is -2.12. The normalized spacial score (nSPS) is 26.0. The van der Waals surface area contributed by atoms with E-state index in [1.165, 1.54) is 11.8 Å². The van der Waals surface area contributed by atoms with E-state index in [1.807, 2.05) is 6.92 Å². The minimum atomic E-state index is -3.55. The number of thiazole rings is 1. The molecular weight excluding hydrogens is 406 g/mol. The van der Waals surface area contributed by atoms with E-state index >= 15 is 0 Å². The molecule has 1 amide bonds. The molecule has 0 unspecified atom stereocenters. The van der Waals surface area contributed by atoms with Crippen molar-refractivity contribution in [2.24, 2.45) is 11.8 Å². The predicted molar refractivity (Wildman–Crippen MR) is 100 cm³/mol. The van der Waals surface area contributed by atoms with Gasteiger partial charge in [-0.1, -0.05) is 6.92 Å². The summed E-state index contributed by atoms with van der Waals surface area (Å²) >= 11 is 1.14. The first-order valence-electron chi connectivity index (χ1n) is 8.62. The van der Waals surface area contributed by atoms with Crippen LogP contribution >= 0.6 is 11.3 Å². The fraction of sp³-hybridized carbons (Fsp3) is 0.471. The van der Waals surface area contributed by atoms with Gasteiger partial charge in [0.1, 0.15) is 16.4 Å². The molecule has 28 heavy (non-hydrogen) atoms. The first-order valence-corrected chi connectivity index (χ1v) is 11.3. The summed E-state index contributed by atoms with van der Waals surface area (Å²) in [5.41, 5.74) is 0.372. The van der Waals surface area contributed by atoms with Crippen molar-refractivity contribution in [1.82, 2.24) is 14.3 Å². The van der Waals surface area contributed by atoms with Gasteiger partial charge in [0.15, 0.2) is 14.9 Å². The molecule has 0 saturated carbocycles. The van der Waals surface area contributed by atoms with Crippen molar-refractivity contribution >= 4 is 43.5 Å². The number of carboxylic acid groups (broad SMARTS) is 1. The average Bonchev–Trinajstić information content (AvgIpc) is 3.17. The van der Waals surface area contributed by atoms with Crippen molar-refractivity contribution in [3.63, 3.8) is 0 Å². The van der Waals surface area contributed by atoms with Crippen molar-refractivity contribution in [3.05, 3.63) is 22.6 Å². The molecule has 0 aliphatic carbocycles. The Kier molecular flexibility index (Phi) is 4.01. The Morgan fingerprint density at radius 2 is 2.04 bits per heavy atom. The molecule has 11 heteroatoms. The molecule has 4 rings (SSSR count). The highest BCUT2D eigenvalue weighted by atomic mass is 32.2. The number of aliphatic hydroxyl groups is 1. The van der Waals surface area contributed by atoms with Gasteiger partial charge in [-0.25, -0.2) is 18.2 Å². The third-order valence-corrected chi connectivity index (χ3v) is 7.70. The van der Waals surface area contributed by atoms with Crippen molar-refractivity contribution in [3.8, 4) is 0 Å². The zero-order valence-corrected chi connectivity index (χ0v) is 17.2. The number of hydrogen-bond acceptors (Lipinski definition) is 7. The van der Waals surface area contributed by atoms with E-state index in [0.717, 1.165) is 17.6 Å². The number of carbonyl (C=O) groups is 2. The number of imidazole rings is 1. The standard InChI is InChI=1S/C17H19N3O6S2/c1-6-10(13(17(23)24)20-12(6)11(7(2)21)15(20)22)9-5-19-8(3)18-14(16(19)27-9)28(4,25)26/h5-7,11-12,21H,1-4H3,(H,23,24)/t6-,7+,11+,12+/m0/s1. The summed E-state index contributed by atoms with van der Waals surface area (Å²) in [7, 11) is -3.55. The van der Waals surface area contributed by atoms with Crippen molar-refractivity contribution < 1.29 is 28.2 Å². The number of fused-ring (bicyclic) bond motifs is 2. The largest absolute Gasteiger partial charge is 0.477 e. The maximum absolute atomic E-state index is 12.5. The quantitative estimate of drug-likeness (QED) is 0.692. The van der Waals surface area contributed by atoms with Gasteiger partial charge in [0.05, 0.1) is 22.9 Å².